The van der Waals surface area contributed by atoms with Crippen molar-refractivity contribution < 1.29 is 4.79 Å². The molecular weight excluding hydrogens is 390 g/mol. The number of amides is 1. The van der Waals surface area contributed by atoms with Gasteiger partial charge in [-0.1, -0.05) is 118 Å². The average molecular weight is 426 g/mol. The molecule has 2 heteroatoms. The molecule has 0 heterocycles. The standard InChI is InChI=1S/C30H35NO/c1-3-11-27-22-30(27,20-4-2)29(31-28(32)21-23-12-7-5-8-13-23)26-18-16-25(17-19-26)24-14-9-6-10-15-24/h5-10,12-19,27,29H,3-4,11,20-22H2,1-2H3,(H,31,32)/t27-,29+,30-/m1/s1. The highest BCUT2D eigenvalue weighted by Gasteiger charge is 2.57. The van der Waals surface area contributed by atoms with Crippen molar-refractivity contribution in [2.75, 3.05) is 0 Å². The highest BCUT2D eigenvalue weighted by molar-refractivity contribution is 5.79. The highest BCUT2D eigenvalue weighted by atomic mass is 16.1. The summed E-state index contributed by atoms with van der Waals surface area (Å²) in [5, 5.41) is 3.48. The Morgan fingerprint density at radius 2 is 1.50 bits per heavy atom. The lowest BCUT2D eigenvalue weighted by atomic mass is 9.82. The summed E-state index contributed by atoms with van der Waals surface area (Å²) in [5.74, 6) is 0.814. The largest absolute Gasteiger partial charge is 0.348 e. The molecule has 1 aliphatic carbocycles. The Morgan fingerprint density at radius 3 is 2.12 bits per heavy atom. The van der Waals surface area contributed by atoms with Crippen molar-refractivity contribution in [1.29, 1.82) is 0 Å². The number of carbonyl (C=O) groups is 1. The summed E-state index contributed by atoms with van der Waals surface area (Å²) in [6.07, 6.45) is 6.40. The van der Waals surface area contributed by atoms with Gasteiger partial charge in [-0.15, -0.1) is 0 Å². The smallest absolute Gasteiger partial charge is 0.224 e. The van der Waals surface area contributed by atoms with Crippen molar-refractivity contribution in [3.63, 3.8) is 0 Å². The minimum atomic E-state index is 0.0695. The lowest BCUT2D eigenvalue weighted by Crippen LogP contribution is -2.36. The van der Waals surface area contributed by atoms with Crippen LogP contribution in [0.4, 0.5) is 0 Å². The molecule has 3 aromatic carbocycles. The van der Waals surface area contributed by atoms with Crippen molar-refractivity contribution >= 4 is 5.91 Å². The third-order valence-electron chi connectivity index (χ3n) is 7.07. The summed E-state index contributed by atoms with van der Waals surface area (Å²) in [4.78, 5) is 13.1. The molecule has 0 unspecified atom stereocenters. The highest BCUT2D eigenvalue weighted by Crippen LogP contribution is 2.64. The maximum atomic E-state index is 13.1. The van der Waals surface area contributed by atoms with Crippen molar-refractivity contribution in [2.45, 2.75) is 58.4 Å². The lowest BCUT2D eigenvalue weighted by Gasteiger charge is -2.30. The van der Waals surface area contributed by atoms with Crippen LogP contribution in [0.5, 0.6) is 0 Å². The van der Waals surface area contributed by atoms with E-state index in [0.717, 1.165) is 18.4 Å². The topological polar surface area (TPSA) is 29.1 Å². The van der Waals surface area contributed by atoms with Crippen molar-refractivity contribution in [1.82, 2.24) is 5.32 Å². The third-order valence-corrected chi connectivity index (χ3v) is 7.07. The predicted molar refractivity (Wildman–Crippen MR) is 133 cm³/mol. The molecule has 1 aliphatic rings. The molecule has 2 nitrogen and oxygen atoms in total. The van der Waals surface area contributed by atoms with E-state index in [1.165, 1.54) is 36.0 Å². The number of nitrogens with one attached hydrogen (secondary N) is 1. The Morgan fingerprint density at radius 1 is 0.875 bits per heavy atom. The van der Waals surface area contributed by atoms with E-state index >= 15 is 0 Å². The number of benzene rings is 3. The zero-order valence-electron chi connectivity index (χ0n) is 19.4. The Labute approximate surface area is 193 Å². The molecule has 1 amide bonds. The van der Waals surface area contributed by atoms with Gasteiger partial charge in [-0.25, -0.2) is 0 Å². The van der Waals surface area contributed by atoms with Crippen LogP contribution in [0, 0.1) is 11.3 Å². The Bertz CT molecular complexity index is 996. The van der Waals surface area contributed by atoms with E-state index in [1.807, 2.05) is 36.4 Å². The fraction of sp³-hybridized carbons (Fsp3) is 0.367. The third kappa shape index (κ3) is 4.96. The van der Waals surface area contributed by atoms with Gasteiger partial charge >= 0.3 is 0 Å². The first-order valence-corrected chi connectivity index (χ1v) is 12.1. The maximum absolute atomic E-state index is 13.1. The molecule has 0 aromatic heterocycles. The van der Waals surface area contributed by atoms with Crippen LogP contribution in [0.3, 0.4) is 0 Å². The van der Waals surface area contributed by atoms with Gasteiger partial charge in [-0.2, -0.15) is 0 Å². The summed E-state index contributed by atoms with van der Waals surface area (Å²) < 4.78 is 0. The van der Waals surface area contributed by atoms with Crippen LogP contribution in [0.25, 0.3) is 11.1 Å². The van der Waals surface area contributed by atoms with Gasteiger partial charge in [0.2, 0.25) is 5.91 Å². The van der Waals surface area contributed by atoms with Gasteiger partial charge in [-0.05, 0) is 46.4 Å². The van der Waals surface area contributed by atoms with Gasteiger partial charge in [0, 0.05) is 0 Å². The number of hydrogen-bond donors (Lipinski definition) is 1. The number of carbonyl (C=O) groups excluding carboxylic acids is 1. The average Bonchev–Trinajstić information content (AvgIpc) is 3.52. The molecule has 3 atom stereocenters. The minimum absolute atomic E-state index is 0.0695. The first-order chi connectivity index (χ1) is 15.7. The normalized spacial score (nSPS) is 20.5. The summed E-state index contributed by atoms with van der Waals surface area (Å²) in [5.41, 5.74) is 4.92. The molecule has 1 saturated carbocycles. The van der Waals surface area contributed by atoms with Crippen LogP contribution in [0.15, 0.2) is 84.9 Å². The molecule has 3 aromatic rings. The lowest BCUT2D eigenvalue weighted by molar-refractivity contribution is -0.121. The molecule has 0 bridgehead atoms. The summed E-state index contributed by atoms with van der Waals surface area (Å²) in [6, 6.07) is 29.5. The zero-order chi connectivity index (χ0) is 22.4. The van der Waals surface area contributed by atoms with E-state index in [0.29, 0.717) is 12.3 Å². The second-order valence-corrected chi connectivity index (χ2v) is 9.32. The second kappa shape index (κ2) is 10.2. The van der Waals surface area contributed by atoms with E-state index < -0.39 is 0 Å². The van der Waals surface area contributed by atoms with Gasteiger partial charge in [0.05, 0.1) is 12.5 Å². The van der Waals surface area contributed by atoms with Gasteiger partial charge in [0.25, 0.3) is 0 Å². The molecular formula is C30H35NO. The first kappa shape index (κ1) is 22.3. The maximum Gasteiger partial charge on any atom is 0.224 e. The molecule has 32 heavy (non-hydrogen) atoms. The molecule has 166 valence electrons. The fourth-order valence-electron chi connectivity index (χ4n) is 5.46. The Kier molecular flexibility index (Phi) is 7.09. The van der Waals surface area contributed by atoms with Crippen LogP contribution in [-0.4, -0.2) is 5.91 Å². The van der Waals surface area contributed by atoms with Gasteiger partial charge in [-0.3, -0.25) is 4.79 Å². The van der Waals surface area contributed by atoms with Crippen LogP contribution in [0.1, 0.15) is 63.1 Å². The molecule has 0 radical (unpaired) electrons. The molecule has 0 spiro atoms. The Hall–Kier alpha value is -2.87. The van der Waals surface area contributed by atoms with E-state index in [9.17, 15) is 4.79 Å². The van der Waals surface area contributed by atoms with Crippen LogP contribution >= 0.6 is 0 Å². The van der Waals surface area contributed by atoms with Crippen molar-refractivity contribution in [3.8, 4) is 11.1 Å². The van der Waals surface area contributed by atoms with Crippen molar-refractivity contribution in [2.24, 2.45) is 11.3 Å². The van der Waals surface area contributed by atoms with Crippen LogP contribution in [-0.2, 0) is 11.2 Å². The fourth-order valence-corrected chi connectivity index (χ4v) is 5.46. The minimum Gasteiger partial charge on any atom is -0.348 e. The van der Waals surface area contributed by atoms with E-state index in [1.54, 1.807) is 0 Å². The summed E-state index contributed by atoms with van der Waals surface area (Å²) in [7, 11) is 0. The van der Waals surface area contributed by atoms with E-state index in [2.05, 4.69) is 67.7 Å². The number of hydrogen-bond acceptors (Lipinski definition) is 1. The Balaban J connectivity index is 1.60. The molecule has 1 fully saturated rings. The van der Waals surface area contributed by atoms with Gasteiger partial charge in [0.15, 0.2) is 0 Å². The summed E-state index contributed by atoms with van der Waals surface area (Å²) in [6.45, 7) is 4.54. The van der Waals surface area contributed by atoms with Gasteiger partial charge < -0.3 is 5.32 Å². The molecule has 0 saturated heterocycles. The van der Waals surface area contributed by atoms with Crippen LogP contribution in [0.2, 0.25) is 0 Å². The number of rotatable bonds is 10. The predicted octanol–water partition coefficient (Wildman–Crippen LogP) is 7.36. The van der Waals surface area contributed by atoms with Gasteiger partial charge in [0.1, 0.15) is 0 Å². The monoisotopic (exact) mass is 425 g/mol. The second-order valence-electron chi connectivity index (χ2n) is 9.32. The first-order valence-electron chi connectivity index (χ1n) is 12.1. The SMILES string of the molecule is CCC[C@@H]1C[C@@]1(CCC)[C@@H](NC(=O)Cc1ccccc1)c1ccc(-c2ccccc2)cc1. The zero-order valence-corrected chi connectivity index (χ0v) is 19.4. The quantitative estimate of drug-likeness (QED) is 0.361. The van der Waals surface area contributed by atoms with Crippen molar-refractivity contribution in [3.05, 3.63) is 96.1 Å². The molecule has 1 N–H and O–H groups in total. The molecule has 0 aliphatic heterocycles. The summed E-state index contributed by atoms with van der Waals surface area (Å²) >= 11 is 0. The molecule has 4 rings (SSSR count). The van der Waals surface area contributed by atoms with E-state index in [-0.39, 0.29) is 17.4 Å². The van der Waals surface area contributed by atoms with E-state index in [4.69, 9.17) is 0 Å². The van der Waals surface area contributed by atoms with Crippen LogP contribution < -0.4 is 5.32 Å².